The minimum atomic E-state index is -3.58. The fraction of sp³-hybridized carbons (Fsp3) is 0.231. The van der Waals surface area contributed by atoms with E-state index >= 15 is 0 Å². The number of hydrogen-bond donors (Lipinski definition) is 2. The van der Waals surface area contributed by atoms with Gasteiger partial charge in [-0.1, -0.05) is 28.1 Å². The molecule has 0 aliphatic rings. The number of rotatable bonds is 5. The van der Waals surface area contributed by atoms with Crippen molar-refractivity contribution in [2.45, 2.75) is 24.5 Å². The van der Waals surface area contributed by atoms with Gasteiger partial charge in [-0.2, -0.15) is 0 Å². The normalized spacial score (nSPS) is 13.3. The largest absolute Gasteiger partial charge is 0.391 e. The minimum Gasteiger partial charge on any atom is -0.391 e. The molecule has 2 N–H and O–H groups in total. The molecule has 1 unspecified atom stereocenters. The summed E-state index contributed by atoms with van der Waals surface area (Å²) in [5.74, 6) is 0. The minimum absolute atomic E-state index is 0.151. The highest BCUT2D eigenvalue weighted by atomic mass is 79.9. The number of nitrogens with one attached hydrogen (secondary N) is 1. The van der Waals surface area contributed by atoms with E-state index in [4.69, 9.17) is 5.11 Å². The highest BCUT2D eigenvalue weighted by Crippen LogP contribution is 2.23. The van der Waals surface area contributed by atoms with Crippen molar-refractivity contribution in [2.75, 3.05) is 0 Å². The van der Waals surface area contributed by atoms with Crippen LogP contribution in [-0.4, -0.2) is 13.5 Å². The number of aliphatic hydroxyl groups is 1. The molecule has 1 atom stereocenters. The molecule has 0 aliphatic heterocycles. The standard InChI is InChI=1S/C13H14BrNO3S2/c1-9(10-3-2-4-11(14)5-10)15-20(17,18)13-6-12(7-16)19-8-13/h2-6,8-9,15-16H,7H2,1H3. The molecule has 0 aliphatic carbocycles. The van der Waals surface area contributed by atoms with E-state index in [1.165, 1.54) is 22.8 Å². The van der Waals surface area contributed by atoms with E-state index in [1.54, 1.807) is 6.92 Å². The van der Waals surface area contributed by atoms with Crippen LogP contribution in [0.2, 0.25) is 0 Å². The number of sulfonamides is 1. The summed E-state index contributed by atoms with van der Waals surface area (Å²) in [5.41, 5.74) is 0.876. The first-order valence-electron chi connectivity index (χ1n) is 5.88. The van der Waals surface area contributed by atoms with Crippen LogP contribution in [0.4, 0.5) is 0 Å². The van der Waals surface area contributed by atoms with Crippen molar-refractivity contribution < 1.29 is 13.5 Å². The number of benzene rings is 1. The Bertz CT molecular complexity index is 697. The van der Waals surface area contributed by atoms with E-state index in [-0.39, 0.29) is 17.5 Å². The summed E-state index contributed by atoms with van der Waals surface area (Å²) < 4.78 is 28.0. The molecule has 0 amide bonds. The second kappa shape index (κ2) is 6.36. The van der Waals surface area contributed by atoms with Crippen molar-refractivity contribution in [3.05, 3.63) is 50.6 Å². The molecule has 1 aromatic heterocycles. The summed E-state index contributed by atoms with van der Waals surface area (Å²) in [6.45, 7) is 1.64. The van der Waals surface area contributed by atoms with Crippen LogP contribution in [0.25, 0.3) is 0 Å². The third kappa shape index (κ3) is 3.67. The molecule has 0 saturated heterocycles. The van der Waals surface area contributed by atoms with Crippen molar-refractivity contribution >= 4 is 37.3 Å². The Morgan fingerprint density at radius 2 is 2.15 bits per heavy atom. The van der Waals surface area contributed by atoms with E-state index in [0.29, 0.717) is 4.88 Å². The zero-order chi connectivity index (χ0) is 14.8. The van der Waals surface area contributed by atoms with E-state index in [2.05, 4.69) is 20.7 Å². The average Bonchev–Trinajstić information content (AvgIpc) is 2.87. The summed E-state index contributed by atoms with van der Waals surface area (Å²) in [5, 5.41) is 10.5. The molecule has 20 heavy (non-hydrogen) atoms. The van der Waals surface area contributed by atoms with Crippen molar-refractivity contribution in [1.29, 1.82) is 0 Å². The van der Waals surface area contributed by atoms with Gasteiger partial charge in [-0.15, -0.1) is 11.3 Å². The van der Waals surface area contributed by atoms with Gasteiger partial charge >= 0.3 is 0 Å². The van der Waals surface area contributed by atoms with Crippen LogP contribution in [0.3, 0.4) is 0 Å². The predicted molar refractivity (Wildman–Crippen MR) is 83.1 cm³/mol. The van der Waals surface area contributed by atoms with Gasteiger partial charge < -0.3 is 5.11 Å². The topological polar surface area (TPSA) is 66.4 Å². The fourth-order valence-electron chi connectivity index (χ4n) is 1.73. The van der Waals surface area contributed by atoms with Crippen molar-refractivity contribution in [3.63, 3.8) is 0 Å². The molecule has 0 spiro atoms. The molecule has 7 heteroatoms. The molecule has 1 aromatic carbocycles. The Morgan fingerprint density at radius 1 is 1.40 bits per heavy atom. The SMILES string of the molecule is CC(NS(=O)(=O)c1csc(CO)c1)c1cccc(Br)c1. The van der Waals surface area contributed by atoms with E-state index in [0.717, 1.165) is 10.0 Å². The van der Waals surface area contributed by atoms with Gasteiger partial charge in [-0.25, -0.2) is 13.1 Å². The monoisotopic (exact) mass is 375 g/mol. The van der Waals surface area contributed by atoms with Crippen molar-refractivity contribution in [3.8, 4) is 0 Å². The van der Waals surface area contributed by atoms with Gasteiger partial charge in [0.1, 0.15) is 0 Å². The molecular formula is C13H14BrNO3S2. The van der Waals surface area contributed by atoms with E-state index in [1.807, 2.05) is 24.3 Å². The van der Waals surface area contributed by atoms with Crippen LogP contribution in [0.5, 0.6) is 0 Å². The van der Waals surface area contributed by atoms with Gasteiger partial charge in [0.05, 0.1) is 11.5 Å². The third-order valence-electron chi connectivity index (χ3n) is 2.78. The van der Waals surface area contributed by atoms with Crippen LogP contribution >= 0.6 is 27.3 Å². The van der Waals surface area contributed by atoms with Gasteiger partial charge in [0.2, 0.25) is 10.0 Å². The van der Waals surface area contributed by atoms with Gasteiger partial charge in [-0.05, 0) is 30.7 Å². The maximum Gasteiger partial charge on any atom is 0.241 e. The molecule has 108 valence electrons. The Morgan fingerprint density at radius 3 is 2.75 bits per heavy atom. The first-order chi connectivity index (χ1) is 9.42. The lowest BCUT2D eigenvalue weighted by molar-refractivity contribution is 0.285. The maximum atomic E-state index is 12.2. The lowest BCUT2D eigenvalue weighted by atomic mass is 10.1. The highest BCUT2D eigenvalue weighted by molar-refractivity contribution is 9.10. The Kier molecular flexibility index (Phi) is 4.98. The summed E-state index contributed by atoms with van der Waals surface area (Å²) in [4.78, 5) is 0.814. The summed E-state index contributed by atoms with van der Waals surface area (Å²) in [6.07, 6.45) is 0. The first-order valence-corrected chi connectivity index (χ1v) is 9.04. The van der Waals surface area contributed by atoms with E-state index < -0.39 is 10.0 Å². The lowest BCUT2D eigenvalue weighted by Crippen LogP contribution is -2.26. The van der Waals surface area contributed by atoms with Gasteiger partial charge in [0.15, 0.2) is 0 Å². The van der Waals surface area contributed by atoms with Gasteiger partial charge in [-0.3, -0.25) is 0 Å². The second-order valence-electron chi connectivity index (χ2n) is 4.30. The predicted octanol–water partition coefficient (Wildman–Crippen LogP) is 3.04. The molecule has 4 nitrogen and oxygen atoms in total. The fourth-order valence-corrected chi connectivity index (χ4v) is 4.51. The number of hydrogen-bond acceptors (Lipinski definition) is 4. The quantitative estimate of drug-likeness (QED) is 0.843. The molecule has 0 bridgehead atoms. The van der Waals surface area contributed by atoms with Crippen LogP contribution < -0.4 is 4.72 Å². The molecule has 2 rings (SSSR count). The summed E-state index contributed by atoms with van der Waals surface area (Å²) >= 11 is 4.59. The summed E-state index contributed by atoms with van der Waals surface area (Å²) in [6, 6.07) is 8.64. The smallest absolute Gasteiger partial charge is 0.241 e. The third-order valence-corrected chi connectivity index (χ3v) is 5.86. The van der Waals surface area contributed by atoms with Crippen molar-refractivity contribution in [2.24, 2.45) is 0 Å². The number of thiophene rings is 1. The molecule has 0 radical (unpaired) electrons. The molecule has 0 fully saturated rings. The maximum absolute atomic E-state index is 12.2. The molecule has 2 aromatic rings. The molecule has 1 heterocycles. The number of aliphatic hydroxyl groups excluding tert-OH is 1. The van der Waals surface area contributed by atoms with Crippen LogP contribution in [-0.2, 0) is 16.6 Å². The average molecular weight is 376 g/mol. The van der Waals surface area contributed by atoms with Gasteiger partial charge in [0.25, 0.3) is 0 Å². The Labute approximate surface area is 130 Å². The van der Waals surface area contributed by atoms with Crippen LogP contribution in [0.1, 0.15) is 23.4 Å². The summed E-state index contributed by atoms with van der Waals surface area (Å²) in [7, 11) is -3.58. The van der Waals surface area contributed by atoms with Crippen LogP contribution in [0, 0.1) is 0 Å². The lowest BCUT2D eigenvalue weighted by Gasteiger charge is -2.14. The van der Waals surface area contributed by atoms with Crippen LogP contribution in [0.15, 0.2) is 45.1 Å². The number of halogens is 1. The Hall–Kier alpha value is -0.730. The van der Waals surface area contributed by atoms with Crippen molar-refractivity contribution in [1.82, 2.24) is 4.72 Å². The zero-order valence-electron chi connectivity index (χ0n) is 10.7. The zero-order valence-corrected chi connectivity index (χ0v) is 13.9. The Balaban J connectivity index is 2.19. The van der Waals surface area contributed by atoms with E-state index in [9.17, 15) is 8.42 Å². The highest BCUT2D eigenvalue weighted by Gasteiger charge is 2.19. The molecule has 0 saturated carbocycles. The first kappa shape index (κ1) is 15.7. The molecular weight excluding hydrogens is 362 g/mol. The second-order valence-corrected chi connectivity index (χ2v) is 7.93. The van der Waals surface area contributed by atoms with Gasteiger partial charge in [0, 0.05) is 20.8 Å².